The van der Waals surface area contributed by atoms with Gasteiger partial charge in [0.25, 0.3) is 0 Å². The molecule has 8 heteroatoms. The van der Waals surface area contributed by atoms with Crippen LogP contribution in [0.5, 0.6) is 11.5 Å². The fourth-order valence-electron chi connectivity index (χ4n) is 5.04. The van der Waals surface area contributed by atoms with Crippen LogP contribution in [0.4, 0.5) is 10.6 Å². The van der Waals surface area contributed by atoms with E-state index in [1.807, 2.05) is 75.4 Å². The standard InChI is InChI=1S/C29H33N5O3/c1-19-24(20-12-14-23(15-13-20)36-22-10-6-5-7-11-22)25-26(30)31-18-32-27(25)34(19)21-9-8-16-33(17-21)28(35)37-29(2,3)4/h5-7,10-15,18,21H,8-9,16-17H2,1-4H3,(H2,30,31,32). The van der Waals surface area contributed by atoms with Crippen molar-refractivity contribution in [3.63, 3.8) is 0 Å². The number of nitrogens with zero attached hydrogens (tertiary/aromatic N) is 4. The first-order valence-corrected chi connectivity index (χ1v) is 12.6. The molecule has 1 aliphatic heterocycles. The second kappa shape index (κ2) is 9.76. The van der Waals surface area contributed by atoms with E-state index in [4.69, 9.17) is 15.2 Å². The van der Waals surface area contributed by atoms with E-state index < -0.39 is 5.60 Å². The van der Waals surface area contributed by atoms with E-state index >= 15 is 0 Å². The molecule has 1 saturated heterocycles. The zero-order valence-electron chi connectivity index (χ0n) is 21.8. The van der Waals surface area contributed by atoms with Crippen molar-refractivity contribution in [2.45, 2.75) is 52.2 Å². The third-order valence-corrected chi connectivity index (χ3v) is 6.59. The number of nitrogen functional groups attached to an aromatic ring is 1. The highest BCUT2D eigenvalue weighted by Crippen LogP contribution is 2.40. The minimum absolute atomic E-state index is 0.0486. The van der Waals surface area contributed by atoms with E-state index in [0.29, 0.717) is 18.9 Å². The molecule has 1 amide bonds. The third-order valence-electron chi connectivity index (χ3n) is 6.59. The Balaban J connectivity index is 1.50. The van der Waals surface area contributed by atoms with Gasteiger partial charge >= 0.3 is 6.09 Å². The van der Waals surface area contributed by atoms with Crippen molar-refractivity contribution < 1.29 is 14.3 Å². The second-order valence-electron chi connectivity index (χ2n) is 10.4. The van der Waals surface area contributed by atoms with Gasteiger partial charge in [0.2, 0.25) is 0 Å². The van der Waals surface area contributed by atoms with E-state index in [9.17, 15) is 4.79 Å². The molecule has 2 aromatic heterocycles. The first kappa shape index (κ1) is 24.6. The average Bonchev–Trinajstić information content (AvgIpc) is 3.17. The molecule has 192 valence electrons. The van der Waals surface area contributed by atoms with Crippen LogP contribution in [0, 0.1) is 6.92 Å². The van der Waals surface area contributed by atoms with Gasteiger partial charge in [-0.25, -0.2) is 14.8 Å². The Labute approximate surface area is 217 Å². The first-order chi connectivity index (χ1) is 17.7. The lowest BCUT2D eigenvalue weighted by Gasteiger charge is -2.35. The number of anilines is 1. The monoisotopic (exact) mass is 499 g/mol. The summed E-state index contributed by atoms with van der Waals surface area (Å²) in [5.41, 5.74) is 9.69. The van der Waals surface area contributed by atoms with E-state index in [-0.39, 0.29) is 12.1 Å². The summed E-state index contributed by atoms with van der Waals surface area (Å²) in [5.74, 6) is 1.97. The number of amides is 1. The van der Waals surface area contributed by atoms with Gasteiger partial charge in [0.15, 0.2) is 0 Å². The predicted octanol–water partition coefficient (Wildman–Crippen LogP) is 6.35. The van der Waals surface area contributed by atoms with Crippen molar-refractivity contribution in [2.75, 3.05) is 18.8 Å². The highest BCUT2D eigenvalue weighted by molar-refractivity contribution is 6.02. The molecule has 1 unspecified atom stereocenters. The van der Waals surface area contributed by atoms with Gasteiger partial charge in [-0.2, -0.15) is 0 Å². The Morgan fingerprint density at radius 1 is 1.03 bits per heavy atom. The molecule has 3 heterocycles. The Morgan fingerprint density at radius 2 is 1.73 bits per heavy atom. The smallest absolute Gasteiger partial charge is 0.410 e. The van der Waals surface area contributed by atoms with E-state index in [1.54, 1.807) is 4.90 Å². The van der Waals surface area contributed by atoms with Gasteiger partial charge in [-0.3, -0.25) is 0 Å². The van der Waals surface area contributed by atoms with Crippen molar-refractivity contribution in [1.29, 1.82) is 0 Å². The number of piperidine rings is 1. The summed E-state index contributed by atoms with van der Waals surface area (Å²) in [5, 5.41) is 0.825. The molecule has 37 heavy (non-hydrogen) atoms. The van der Waals surface area contributed by atoms with Crippen LogP contribution in [0.2, 0.25) is 0 Å². The molecule has 0 bridgehead atoms. The topological polar surface area (TPSA) is 95.5 Å². The third kappa shape index (κ3) is 5.09. The lowest BCUT2D eigenvalue weighted by molar-refractivity contribution is 0.0173. The Kier molecular flexibility index (Phi) is 6.50. The number of hydrogen-bond donors (Lipinski definition) is 1. The molecular weight excluding hydrogens is 466 g/mol. The first-order valence-electron chi connectivity index (χ1n) is 12.6. The molecule has 1 aliphatic rings. The number of aromatic nitrogens is 3. The highest BCUT2D eigenvalue weighted by Gasteiger charge is 2.31. The molecule has 8 nitrogen and oxygen atoms in total. The number of para-hydroxylation sites is 1. The minimum atomic E-state index is -0.536. The number of rotatable bonds is 4. The number of hydrogen-bond acceptors (Lipinski definition) is 6. The number of ether oxygens (including phenoxy) is 2. The number of fused-ring (bicyclic) bond motifs is 1. The molecule has 4 aromatic rings. The zero-order chi connectivity index (χ0) is 26.2. The maximum absolute atomic E-state index is 12.8. The number of benzene rings is 2. The molecular formula is C29H33N5O3. The van der Waals surface area contributed by atoms with Crippen molar-refractivity contribution in [3.05, 3.63) is 66.6 Å². The molecule has 5 rings (SSSR count). The lowest BCUT2D eigenvalue weighted by atomic mass is 10.0. The van der Waals surface area contributed by atoms with Crippen LogP contribution < -0.4 is 10.5 Å². The van der Waals surface area contributed by atoms with Crippen LogP contribution in [0.25, 0.3) is 22.2 Å². The van der Waals surface area contributed by atoms with Crippen LogP contribution in [0.3, 0.4) is 0 Å². The molecule has 0 aliphatic carbocycles. The van der Waals surface area contributed by atoms with Crippen LogP contribution in [-0.2, 0) is 4.74 Å². The zero-order valence-corrected chi connectivity index (χ0v) is 21.8. The van der Waals surface area contributed by atoms with Crippen LogP contribution in [-0.4, -0.2) is 44.2 Å². The molecule has 1 atom stereocenters. The SMILES string of the molecule is Cc1c(-c2ccc(Oc3ccccc3)cc2)c2c(N)ncnc2n1C1CCCN(C(=O)OC(C)(C)C)C1. The van der Waals surface area contributed by atoms with Crippen molar-refractivity contribution in [2.24, 2.45) is 0 Å². The predicted molar refractivity (Wildman–Crippen MR) is 145 cm³/mol. The molecule has 0 radical (unpaired) electrons. The maximum Gasteiger partial charge on any atom is 0.410 e. The molecule has 2 aromatic carbocycles. The van der Waals surface area contributed by atoms with Crippen LogP contribution in [0.15, 0.2) is 60.9 Å². The van der Waals surface area contributed by atoms with E-state index in [2.05, 4.69) is 21.5 Å². The summed E-state index contributed by atoms with van der Waals surface area (Å²) in [7, 11) is 0. The van der Waals surface area contributed by atoms with Crippen molar-refractivity contribution in [3.8, 4) is 22.6 Å². The molecule has 1 fully saturated rings. The minimum Gasteiger partial charge on any atom is -0.457 e. The lowest BCUT2D eigenvalue weighted by Crippen LogP contribution is -2.43. The van der Waals surface area contributed by atoms with Crippen LogP contribution >= 0.6 is 0 Å². The van der Waals surface area contributed by atoms with Crippen molar-refractivity contribution in [1.82, 2.24) is 19.4 Å². The average molecular weight is 500 g/mol. The van der Waals surface area contributed by atoms with E-state index in [1.165, 1.54) is 6.33 Å². The quantitative estimate of drug-likeness (QED) is 0.351. The second-order valence-corrected chi connectivity index (χ2v) is 10.4. The Bertz CT molecular complexity index is 1410. The fraction of sp³-hybridized carbons (Fsp3) is 0.345. The summed E-state index contributed by atoms with van der Waals surface area (Å²) < 4.78 is 13.8. The van der Waals surface area contributed by atoms with E-state index in [0.717, 1.165) is 52.2 Å². The Hall–Kier alpha value is -4.07. The molecule has 0 spiro atoms. The number of carbonyl (C=O) groups is 1. The summed E-state index contributed by atoms with van der Waals surface area (Å²) in [6, 6.07) is 17.7. The van der Waals surface area contributed by atoms with Gasteiger partial charge in [0.05, 0.1) is 11.4 Å². The van der Waals surface area contributed by atoms with Gasteiger partial charge in [-0.15, -0.1) is 0 Å². The van der Waals surface area contributed by atoms with Gasteiger partial charge in [-0.1, -0.05) is 30.3 Å². The van der Waals surface area contributed by atoms with Crippen molar-refractivity contribution >= 4 is 22.9 Å². The van der Waals surface area contributed by atoms with Crippen LogP contribution in [0.1, 0.15) is 45.3 Å². The normalized spacial score (nSPS) is 16.1. The Morgan fingerprint density at radius 3 is 2.43 bits per heavy atom. The van der Waals surface area contributed by atoms with Gasteiger partial charge in [0, 0.05) is 24.3 Å². The van der Waals surface area contributed by atoms with Gasteiger partial charge in [0.1, 0.15) is 34.9 Å². The fourth-order valence-corrected chi connectivity index (χ4v) is 5.04. The number of carbonyl (C=O) groups excluding carboxylic acids is 1. The van der Waals surface area contributed by atoms with Gasteiger partial charge < -0.3 is 24.7 Å². The van der Waals surface area contributed by atoms with Gasteiger partial charge in [-0.05, 0) is 70.4 Å². The number of nitrogens with two attached hydrogens (primary N) is 1. The molecule has 0 saturated carbocycles. The largest absolute Gasteiger partial charge is 0.457 e. The maximum atomic E-state index is 12.8. The summed E-state index contributed by atoms with van der Waals surface area (Å²) in [6.45, 7) is 8.97. The number of likely N-dealkylation sites (tertiary alicyclic amines) is 1. The summed E-state index contributed by atoms with van der Waals surface area (Å²) in [4.78, 5) is 23.5. The summed E-state index contributed by atoms with van der Waals surface area (Å²) in [6.07, 6.45) is 3.03. The summed E-state index contributed by atoms with van der Waals surface area (Å²) >= 11 is 0. The molecule has 2 N–H and O–H groups in total. The highest BCUT2D eigenvalue weighted by atomic mass is 16.6.